The van der Waals surface area contributed by atoms with E-state index in [1.165, 1.54) is 23.5 Å². The molecule has 2 rings (SSSR count). The predicted molar refractivity (Wildman–Crippen MR) is 81.9 cm³/mol. The second kappa shape index (κ2) is 5.87. The summed E-state index contributed by atoms with van der Waals surface area (Å²) in [6.45, 7) is 0. The summed E-state index contributed by atoms with van der Waals surface area (Å²) in [5, 5.41) is 0. The minimum Gasteiger partial charge on any atom is -0.166 e. The first-order chi connectivity index (χ1) is 8.79. The summed E-state index contributed by atoms with van der Waals surface area (Å²) in [5.41, 5.74) is -0.0554. The monoisotopic (exact) mass is 476 g/mol. The van der Waals surface area contributed by atoms with Gasteiger partial charge in [-0.15, -0.1) is 11.3 Å². The fourth-order valence-corrected chi connectivity index (χ4v) is 4.32. The normalized spacial score (nSPS) is 13.6. The van der Waals surface area contributed by atoms with E-state index in [1.54, 1.807) is 6.07 Å². The lowest BCUT2D eigenvalue weighted by Gasteiger charge is -2.12. The van der Waals surface area contributed by atoms with Crippen molar-refractivity contribution in [3.05, 3.63) is 54.6 Å². The van der Waals surface area contributed by atoms with Gasteiger partial charge in [0, 0.05) is 9.35 Å². The van der Waals surface area contributed by atoms with Crippen LogP contribution in [0.5, 0.6) is 0 Å². The summed E-state index contributed by atoms with van der Waals surface area (Å²) in [6.07, 6.45) is -4.32. The SMILES string of the molecule is FC(F)(F)c1cccc(C(Br)c2cc(Br)c(Br)s2)c1. The van der Waals surface area contributed by atoms with Crippen LogP contribution in [-0.2, 0) is 6.18 Å². The lowest BCUT2D eigenvalue weighted by molar-refractivity contribution is -0.137. The van der Waals surface area contributed by atoms with Crippen LogP contribution in [0, 0.1) is 0 Å². The van der Waals surface area contributed by atoms with E-state index in [0.29, 0.717) is 5.56 Å². The summed E-state index contributed by atoms with van der Waals surface area (Å²) in [7, 11) is 0. The molecule has 0 N–H and O–H groups in total. The zero-order valence-electron chi connectivity index (χ0n) is 9.14. The summed E-state index contributed by atoms with van der Waals surface area (Å²) in [6, 6.07) is 7.22. The highest BCUT2D eigenvalue weighted by Gasteiger charge is 2.31. The molecule has 0 nitrogen and oxygen atoms in total. The third-order valence-corrected chi connectivity index (χ3v) is 7.07. The first kappa shape index (κ1) is 15.5. The molecule has 0 amide bonds. The Morgan fingerprint density at radius 1 is 1.11 bits per heavy atom. The maximum atomic E-state index is 12.7. The van der Waals surface area contributed by atoms with E-state index in [-0.39, 0.29) is 4.83 Å². The standard InChI is InChI=1S/C12H6Br3F3S/c13-8-5-9(19-11(8)15)10(14)6-2-1-3-7(4-6)12(16,17)18/h1-5,10H. The first-order valence-electron chi connectivity index (χ1n) is 5.05. The number of hydrogen-bond acceptors (Lipinski definition) is 1. The summed E-state index contributed by atoms with van der Waals surface area (Å²) >= 11 is 11.7. The molecule has 7 heteroatoms. The Balaban J connectivity index is 2.36. The van der Waals surface area contributed by atoms with E-state index < -0.39 is 11.7 Å². The minimum absolute atomic E-state index is 0.262. The van der Waals surface area contributed by atoms with Crippen molar-refractivity contribution in [3.63, 3.8) is 0 Å². The second-order valence-electron chi connectivity index (χ2n) is 3.76. The molecule has 102 valence electrons. The van der Waals surface area contributed by atoms with Crippen molar-refractivity contribution in [3.8, 4) is 0 Å². The molecule has 0 aliphatic rings. The van der Waals surface area contributed by atoms with E-state index in [1.807, 2.05) is 6.07 Å². The molecule has 1 aromatic heterocycles. The van der Waals surface area contributed by atoms with E-state index in [9.17, 15) is 13.2 Å². The van der Waals surface area contributed by atoms with Gasteiger partial charge in [0.2, 0.25) is 0 Å². The summed E-state index contributed by atoms with van der Waals surface area (Å²) < 4.78 is 39.8. The minimum atomic E-state index is -4.32. The molecule has 0 saturated carbocycles. The van der Waals surface area contributed by atoms with E-state index in [4.69, 9.17) is 0 Å². The van der Waals surface area contributed by atoms with Crippen molar-refractivity contribution in [2.75, 3.05) is 0 Å². The zero-order chi connectivity index (χ0) is 14.2. The topological polar surface area (TPSA) is 0 Å². The molecular weight excluding hydrogens is 473 g/mol. The van der Waals surface area contributed by atoms with Crippen molar-refractivity contribution in [1.82, 2.24) is 0 Å². The average molecular weight is 479 g/mol. The summed E-state index contributed by atoms with van der Waals surface area (Å²) in [5.74, 6) is 0. The molecular formula is C12H6Br3F3S. The van der Waals surface area contributed by atoms with Gasteiger partial charge in [0.05, 0.1) is 14.2 Å². The maximum absolute atomic E-state index is 12.7. The van der Waals surface area contributed by atoms with Crippen LogP contribution in [0.1, 0.15) is 20.8 Å². The van der Waals surface area contributed by atoms with Crippen molar-refractivity contribution in [2.45, 2.75) is 11.0 Å². The predicted octanol–water partition coefficient (Wildman–Crippen LogP) is 6.78. The average Bonchev–Trinajstić information content (AvgIpc) is 2.68. The molecule has 0 fully saturated rings. The van der Waals surface area contributed by atoms with E-state index in [2.05, 4.69) is 47.8 Å². The fraction of sp³-hybridized carbons (Fsp3) is 0.167. The van der Waals surface area contributed by atoms with Gasteiger partial charge in [0.1, 0.15) is 0 Å². The van der Waals surface area contributed by atoms with Gasteiger partial charge in [-0.1, -0.05) is 34.1 Å². The molecule has 1 unspecified atom stereocenters. The smallest absolute Gasteiger partial charge is 0.166 e. The number of benzene rings is 1. The number of rotatable bonds is 2. The molecule has 1 heterocycles. The Kier molecular flexibility index (Phi) is 4.80. The number of thiophene rings is 1. The Morgan fingerprint density at radius 2 is 1.79 bits per heavy atom. The maximum Gasteiger partial charge on any atom is 0.416 e. The quantitative estimate of drug-likeness (QED) is 0.417. The van der Waals surface area contributed by atoms with Crippen LogP contribution in [0.25, 0.3) is 0 Å². The van der Waals surface area contributed by atoms with Crippen LogP contribution in [0.4, 0.5) is 13.2 Å². The van der Waals surface area contributed by atoms with Crippen molar-refractivity contribution in [2.24, 2.45) is 0 Å². The van der Waals surface area contributed by atoms with Gasteiger partial charge >= 0.3 is 6.18 Å². The molecule has 0 radical (unpaired) electrons. The highest BCUT2D eigenvalue weighted by molar-refractivity contribution is 9.13. The Morgan fingerprint density at radius 3 is 2.32 bits per heavy atom. The number of halogens is 6. The van der Waals surface area contributed by atoms with Gasteiger partial charge in [-0.2, -0.15) is 13.2 Å². The van der Waals surface area contributed by atoms with Crippen molar-refractivity contribution in [1.29, 1.82) is 0 Å². The molecule has 0 saturated heterocycles. The van der Waals surface area contributed by atoms with E-state index in [0.717, 1.165) is 19.2 Å². The molecule has 0 bridgehead atoms. The molecule has 0 spiro atoms. The Hall–Kier alpha value is 0.150. The van der Waals surface area contributed by atoms with Gasteiger partial charge in [0.25, 0.3) is 0 Å². The zero-order valence-corrected chi connectivity index (χ0v) is 14.7. The Labute approximate surface area is 137 Å². The van der Waals surface area contributed by atoms with Gasteiger partial charge < -0.3 is 0 Å². The van der Waals surface area contributed by atoms with Crippen LogP contribution >= 0.6 is 59.1 Å². The first-order valence-corrected chi connectivity index (χ1v) is 8.37. The lowest BCUT2D eigenvalue weighted by atomic mass is 10.1. The van der Waals surface area contributed by atoms with Crippen LogP contribution in [-0.4, -0.2) is 0 Å². The fourth-order valence-electron chi connectivity index (χ4n) is 1.53. The van der Waals surface area contributed by atoms with Crippen LogP contribution in [0.2, 0.25) is 0 Å². The van der Waals surface area contributed by atoms with Gasteiger partial charge in [0.15, 0.2) is 0 Å². The molecule has 2 aromatic rings. The highest BCUT2D eigenvalue weighted by Crippen LogP contribution is 2.42. The van der Waals surface area contributed by atoms with E-state index >= 15 is 0 Å². The number of hydrogen-bond donors (Lipinski definition) is 0. The lowest BCUT2D eigenvalue weighted by Crippen LogP contribution is -2.05. The third kappa shape index (κ3) is 3.62. The van der Waals surface area contributed by atoms with Gasteiger partial charge in [-0.05, 0) is 49.6 Å². The van der Waals surface area contributed by atoms with Crippen LogP contribution in [0.3, 0.4) is 0 Å². The molecule has 19 heavy (non-hydrogen) atoms. The largest absolute Gasteiger partial charge is 0.416 e. The third-order valence-electron chi connectivity index (χ3n) is 2.42. The van der Waals surface area contributed by atoms with Crippen molar-refractivity contribution >= 4 is 59.1 Å². The molecule has 1 aromatic carbocycles. The van der Waals surface area contributed by atoms with Crippen molar-refractivity contribution < 1.29 is 13.2 Å². The van der Waals surface area contributed by atoms with Crippen LogP contribution < -0.4 is 0 Å². The molecule has 0 aliphatic heterocycles. The van der Waals surface area contributed by atoms with Crippen LogP contribution in [0.15, 0.2) is 38.6 Å². The number of alkyl halides is 4. The summed E-state index contributed by atoms with van der Waals surface area (Å²) in [4.78, 5) is 0.667. The molecule has 0 aliphatic carbocycles. The highest BCUT2D eigenvalue weighted by atomic mass is 79.9. The second-order valence-corrected chi connectivity index (χ2v) is 7.93. The molecule has 1 atom stereocenters. The van der Waals surface area contributed by atoms with Gasteiger partial charge in [-0.3, -0.25) is 0 Å². The Bertz CT molecular complexity index is 573. The van der Waals surface area contributed by atoms with Gasteiger partial charge in [-0.25, -0.2) is 0 Å².